The van der Waals surface area contributed by atoms with Gasteiger partial charge in [-0.05, 0) is 36.5 Å². The number of nitrogens with zero attached hydrogens (tertiary/aromatic N) is 3. The highest BCUT2D eigenvalue weighted by molar-refractivity contribution is 6.00. The summed E-state index contributed by atoms with van der Waals surface area (Å²) in [4.78, 5) is 43.2. The van der Waals surface area contributed by atoms with Crippen molar-refractivity contribution >= 4 is 11.9 Å². The van der Waals surface area contributed by atoms with Crippen LogP contribution >= 0.6 is 0 Å². The van der Waals surface area contributed by atoms with Crippen LogP contribution < -0.4 is 15.0 Å². The second kappa shape index (κ2) is 10.3. The molecule has 1 fully saturated rings. The van der Waals surface area contributed by atoms with E-state index in [0.717, 1.165) is 38.2 Å². The van der Waals surface area contributed by atoms with Gasteiger partial charge in [-0.15, -0.1) is 0 Å². The Balaban J connectivity index is 1.43. The zero-order chi connectivity index (χ0) is 25.2. The first-order valence-corrected chi connectivity index (χ1v) is 12.7. The number of piperidine rings is 1. The SMILES string of the molecule is COC(=O)[C@H]1CCCCN1C(=O)c1c(OC)cc(=O)n2c1CCN(Cc1ccc3c(c1)CCO3)CC2. The molecule has 9 nitrogen and oxygen atoms in total. The number of likely N-dealkylation sites (tertiary alicyclic amines) is 1. The number of hydrogen-bond donors (Lipinski definition) is 0. The third kappa shape index (κ3) is 4.59. The number of carbonyl (C=O) groups is 2. The maximum atomic E-state index is 13.9. The minimum Gasteiger partial charge on any atom is -0.496 e. The third-order valence-electron chi connectivity index (χ3n) is 7.52. The van der Waals surface area contributed by atoms with Crippen LogP contribution in [0, 0.1) is 0 Å². The van der Waals surface area contributed by atoms with Crippen molar-refractivity contribution in [3.05, 3.63) is 57.0 Å². The number of esters is 1. The molecule has 0 radical (unpaired) electrons. The molecule has 9 heteroatoms. The summed E-state index contributed by atoms with van der Waals surface area (Å²) in [6.07, 6.45) is 3.69. The predicted octanol–water partition coefficient (Wildman–Crippen LogP) is 2.02. The fourth-order valence-corrected chi connectivity index (χ4v) is 5.64. The molecule has 192 valence electrons. The van der Waals surface area contributed by atoms with Crippen molar-refractivity contribution in [3.63, 3.8) is 0 Å². The molecule has 0 bridgehead atoms. The Morgan fingerprint density at radius 1 is 1.06 bits per heavy atom. The van der Waals surface area contributed by atoms with E-state index in [1.165, 1.54) is 31.4 Å². The van der Waals surface area contributed by atoms with Crippen molar-refractivity contribution in [2.45, 2.75) is 51.2 Å². The van der Waals surface area contributed by atoms with Crippen LogP contribution in [0.3, 0.4) is 0 Å². The van der Waals surface area contributed by atoms with E-state index in [2.05, 4.69) is 17.0 Å². The number of amides is 1. The summed E-state index contributed by atoms with van der Waals surface area (Å²) >= 11 is 0. The van der Waals surface area contributed by atoms with Gasteiger partial charge in [0.05, 0.1) is 20.8 Å². The van der Waals surface area contributed by atoms with Crippen LogP contribution in [0.1, 0.15) is 46.4 Å². The van der Waals surface area contributed by atoms with E-state index in [1.54, 1.807) is 9.47 Å². The molecule has 0 saturated carbocycles. The summed E-state index contributed by atoms with van der Waals surface area (Å²) < 4.78 is 17.8. The second-order valence-electron chi connectivity index (χ2n) is 9.62. The number of fused-ring (bicyclic) bond motifs is 2. The molecule has 1 saturated heterocycles. The van der Waals surface area contributed by atoms with Gasteiger partial charge in [0.15, 0.2) is 0 Å². The topological polar surface area (TPSA) is 90.3 Å². The Morgan fingerprint density at radius 2 is 1.92 bits per heavy atom. The van der Waals surface area contributed by atoms with E-state index in [4.69, 9.17) is 14.2 Å². The lowest BCUT2D eigenvalue weighted by Crippen LogP contribution is -2.49. The lowest BCUT2D eigenvalue weighted by atomic mass is 9.99. The van der Waals surface area contributed by atoms with Crippen LogP contribution in [-0.4, -0.2) is 72.7 Å². The standard InChI is InChI=1S/C27H33N3O6/c1-34-23-16-24(31)29-13-12-28(17-18-6-7-22-19(15-18)9-14-36-22)11-8-20(29)25(23)26(32)30-10-4-3-5-21(30)27(33)35-2/h6-7,15-16,21H,3-5,8-14,17H2,1-2H3/t21-/m1/s1. The van der Waals surface area contributed by atoms with Crippen molar-refractivity contribution < 1.29 is 23.8 Å². The van der Waals surface area contributed by atoms with Crippen molar-refractivity contribution in [1.82, 2.24) is 14.4 Å². The molecule has 36 heavy (non-hydrogen) atoms. The predicted molar refractivity (Wildman–Crippen MR) is 133 cm³/mol. The van der Waals surface area contributed by atoms with E-state index < -0.39 is 12.0 Å². The number of aromatic nitrogens is 1. The smallest absolute Gasteiger partial charge is 0.328 e. The molecule has 0 aliphatic carbocycles. The Labute approximate surface area is 210 Å². The van der Waals surface area contributed by atoms with Crippen molar-refractivity contribution in [2.24, 2.45) is 0 Å². The number of carbonyl (C=O) groups excluding carboxylic acids is 2. The molecule has 0 N–H and O–H groups in total. The number of ether oxygens (including phenoxy) is 3. The summed E-state index contributed by atoms with van der Waals surface area (Å²) in [5.74, 6) is 0.536. The molecule has 5 rings (SSSR count). The van der Waals surface area contributed by atoms with E-state index >= 15 is 0 Å². The molecule has 3 aliphatic rings. The molecule has 1 atom stereocenters. The molecule has 0 spiro atoms. The van der Waals surface area contributed by atoms with Crippen LogP contribution in [0.5, 0.6) is 11.5 Å². The van der Waals surface area contributed by atoms with E-state index in [1.807, 2.05) is 6.07 Å². The largest absolute Gasteiger partial charge is 0.496 e. The molecule has 4 heterocycles. The summed E-state index contributed by atoms with van der Waals surface area (Å²) in [5, 5.41) is 0. The number of rotatable bonds is 5. The van der Waals surface area contributed by atoms with Crippen LogP contribution in [0.4, 0.5) is 0 Å². The molecule has 3 aliphatic heterocycles. The van der Waals surface area contributed by atoms with Gasteiger partial charge in [-0.1, -0.05) is 12.1 Å². The van der Waals surface area contributed by atoms with Crippen LogP contribution in [0.2, 0.25) is 0 Å². The van der Waals surface area contributed by atoms with E-state index in [9.17, 15) is 14.4 Å². The van der Waals surface area contributed by atoms with Crippen LogP contribution in [0.25, 0.3) is 0 Å². The fraction of sp³-hybridized carbons (Fsp3) is 0.519. The lowest BCUT2D eigenvalue weighted by molar-refractivity contribution is -0.147. The molecule has 1 aromatic carbocycles. The van der Waals surface area contributed by atoms with Crippen molar-refractivity contribution in [1.29, 1.82) is 0 Å². The van der Waals surface area contributed by atoms with Gasteiger partial charge in [0.25, 0.3) is 11.5 Å². The number of hydrogen-bond acceptors (Lipinski definition) is 7. The Kier molecular flexibility index (Phi) is 7.00. The molecule has 1 aromatic heterocycles. The zero-order valence-corrected chi connectivity index (χ0v) is 21.0. The normalized spacial score (nSPS) is 19.6. The Hall–Kier alpha value is -3.33. The number of pyridine rings is 1. The van der Waals surface area contributed by atoms with Crippen LogP contribution in [0.15, 0.2) is 29.1 Å². The van der Waals surface area contributed by atoms with Crippen LogP contribution in [-0.2, 0) is 35.5 Å². The maximum absolute atomic E-state index is 13.9. The van der Waals surface area contributed by atoms with Gasteiger partial charge >= 0.3 is 5.97 Å². The highest BCUT2D eigenvalue weighted by atomic mass is 16.5. The number of methoxy groups -OCH3 is 2. The second-order valence-corrected chi connectivity index (χ2v) is 9.62. The van der Waals surface area contributed by atoms with Gasteiger partial charge in [0.2, 0.25) is 0 Å². The average molecular weight is 496 g/mol. The molecule has 1 amide bonds. The zero-order valence-electron chi connectivity index (χ0n) is 21.0. The average Bonchev–Trinajstić information content (AvgIpc) is 3.27. The monoisotopic (exact) mass is 495 g/mol. The Bertz CT molecular complexity index is 1220. The molecule has 2 aromatic rings. The fourth-order valence-electron chi connectivity index (χ4n) is 5.64. The first kappa shape index (κ1) is 24.4. The van der Waals surface area contributed by atoms with Crippen molar-refractivity contribution in [2.75, 3.05) is 40.5 Å². The van der Waals surface area contributed by atoms with Gasteiger partial charge in [0, 0.05) is 57.3 Å². The van der Waals surface area contributed by atoms with Gasteiger partial charge in [-0.2, -0.15) is 0 Å². The van der Waals surface area contributed by atoms with Gasteiger partial charge < -0.3 is 23.7 Å². The number of benzene rings is 1. The summed E-state index contributed by atoms with van der Waals surface area (Å²) in [5.41, 5.74) is 3.31. The summed E-state index contributed by atoms with van der Waals surface area (Å²) in [7, 11) is 2.81. The minimum absolute atomic E-state index is 0.182. The lowest BCUT2D eigenvalue weighted by Gasteiger charge is -2.34. The molecular formula is C27H33N3O6. The molecule has 0 unspecified atom stereocenters. The van der Waals surface area contributed by atoms with E-state index in [-0.39, 0.29) is 17.2 Å². The van der Waals surface area contributed by atoms with Gasteiger partial charge in [-0.25, -0.2) is 4.79 Å². The Morgan fingerprint density at radius 3 is 2.72 bits per heavy atom. The summed E-state index contributed by atoms with van der Waals surface area (Å²) in [6, 6.07) is 7.10. The first-order valence-electron chi connectivity index (χ1n) is 12.7. The van der Waals surface area contributed by atoms with Crippen molar-refractivity contribution in [3.8, 4) is 11.5 Å². The maximum Gasteiger partial charge on any atom is 0.328 e. The highest BCUT2D eigenvalue weighted by Crippen LogP contribution is 2.29. The summed E-state index contributed by atoms with van der Waals surface area (Å²) in [6.45, 7) is 3.82. The highest BCUT2D eigenvalue weighted by Gasteiger charge is 2.36. The third-order valence-corrected chi connectivity index (χ3v) is 7.52. The minimum atomic E-state index is -0.625. The van der Waals surface area contributed by atoms with E-state index in [0.29, 0.717) is 50.3 Å². The van der Waals surface area contributed by atoms with Gasteiger partial charge in [0.1, 0.15) is 23.1 Å². The quantitative estimate of drug-likeness (QED) is 0.586. The van der Waals surface area contributed by atoms with Gasteiger partial charge in [-0.3, -0.25) is 14.5 Å². The first-order chi connectivity index (χ1) is 17.5. The molecular weight excluding hydrogens is 462 g/mol.